The van der Waals surface area contributed by atoms with Crippen LogP contribution in [-0.4, -0.2) is 19.4 Å². The molecule has 0 aliphatic heterocycles. The van der Waals surface area contributed by atoms with Crippen molar-refractivity contribution in [1.82, 2.24) is 0 Å². The molecule has 0 aromatic heterocycles. The maximum absolute atomic E-state index is 7.15. The summed E-state index contributed by atoms with van der Waals surface area (Å²) in [6.45, 7) is 2.87. The fourth-order valence-electron chi connectivity index (χ4n) is 1.40. The third kappa shape index (κ3) is 2.76. The Balaban J connectivity index is 2.65. The molecule has 1 aromatic carbocycles. The van der Waals surface area contributed by atoms with Crippen LogP contribution in [0.4, 0.5) is 5.69 Å². The summed E-state index contributed by atoms with van der Waals surface area (Å²) >= 11 is 0. The molecule has 0 spiro atoms. The summed E-state index contributed by atoms with van der Waals surface area (Å²) in [6, 6.07) is 8.21. The molecule has 3 heteroatoms. The van der Waals surface area contributed by atoms with Crippen LogP contribution >= 0.6 is 0 Å². The largest absolute Gasteiger partial charge is 0.388 e. The summed E-state index contributed by atoms with van der Waals surface area (Å²) in [6.07, 6.45) is 0.616. The fourth-order valence-corrected chi connectivity index (χ4v) is 1.40. The second-order valence-electron chi connectivity index (χ2n) is 3.48. The minimum atomic E-state index is 0.241. The lowest BCUT2D eigenvalue weighted by Gasteiger charge is -2.20. The van der Waals surface area contributed by atoms with Crippen molar-refractivity contribution in [2.24, 2.45) is 5.73 Å². The van der Waals surface area contributed by atoms with E-state index < -0.39 is 0 Å². The molecule has 0 atom stereocenters. The molecule has 14 heavy (non-hydrogen) atoms. The number of hydrogen-bond donors (Lipinski definition) is 2. The molecule has 0 amide bonds. The van der Waals surface area contributed by atoms with Crippen LogP contribution < -0.4 is 10.6 Å². The Morgan fingerprint density at radius 3 is 2.64 bits per heavy atom. The van der Waals surface area contributed by atoms with Gasteiger partial charge in [-0.05, 0) is 18.6 Å². The van der Waals surface area contributed by atoms with E-state index in [2.05, 4.69) is 24.0 Å². The minimum Gasteiger partial charge on any atom is -0.388 e. The normalized spacial score (nSPS) is 9.86. The Labute approximate surface area is 85.0 Å². The first kappa shape index (κ1) is 10.6. The molecule has 0 heterocycles. The standard InChI is InChI=1S/C11H17N3/c1-9-5-3-4-6-10(9)14(2)8-7-11(12)13/h3-6H,7-8H2,1-2H3,(H3,12,13). The number of rotatable bonds is 4. The van der Waals surface area contributed by atoms with Crippen LogP contribution in [0.25, 0.3) is 0 Å². The van der Waals surface area contributed by atoms with Gasteiger partial charge in [0.05, 0.1) is 5.84 Å². The van der Waals surface area contributed by atoms with E-state index in [1.165, 1.54) is 11.3 Å². The summed E-state index contributed by atoms with van der Waals surface area (Å²) in [4.78, 5) is 2.12. The van der Waals surface area contributed by atoms with Gasteiger partial charge in [-0.25, -0.2) is 0 Å². The summed E-state index contributed by atoms with van der Waals surface area (Å²) in [7, 11) is 2.02. The van der Waals surface area contributed by atoms with Gasteiger partial charge in [0.1, 0.15) is 0 Å². The van der Waals surface area contributed by atoms with Crippen LogP contribution in [0.3, 0.4) is 0 Å². The van der Waals surface area contributed by atoms with Gasteiger partial charge >= 0.3 is 0 Å². The highest BCUT2D eigenvalue weighted by atomic mass is 15.1. The average Bonchev–Trinajstić information content (AvgIpc) is 2.15. The first-order chi connectivity index (χ1) is 6.61. The highest BCUT2D eigenvalue weighted by Crippen LogP contribution is 2.17. The maximum Gasteiger partial charge on any atom is 0.0923 e. The molecule has 0 fully saturated rings. The smallest absolute Gasteiger partial charge is 0.0923 e. The summed E-state index contributed by atoms with van der Waals surface area (Å²) in [5.41, 5.74) is 7.76. The van der Waals surface area contributed by atoms with Gasteiger partial charge in [0, 0.05) is 25.7 Å². The average molecular weight is 191 g/mol. The molecule has 0 saturated carbocycles. The topological polar surface area (TPSA) is 53.1 Å². The van der Waals surface area contributed by atoms with E-state index in [9.17, 15) is 0 Å². The number of hydrogen-bond acceptors (Lipinski definition) is 2. The van der Waals surface area contributed by atoms with E-state index >= 15 is 0 Å². The van der Waals surface area contributed by atoms with E-state index in [0.717, 1.165) is 6.54 Å². The molecule has 0 aliphatic rings. The number of nitrogens with zero attached hydrogens (tertiary/aromatic N) is 1. The van der Waals surface area contributed by atoms with Crippen LogP contribution in [0.1, 0.15) is 12.0 Å². The van der Waals surface area contributed by atoms with Crippen molar-refractivity contribution in [1.29, 1.82) is 5.41 Å². The van der Waals surface area contributed by atoms with Gasteiger partial charge in [0.2, 0.25) is 0 Å². The SMILES string of the molecule is Cc1ccccc1N(C)CCC(=N)N. The Kier molecular flexibility index (Phi) is 3.51. The van der Waals surface area contributed by atoms with E-state index in [1.807, 2.05) is 19.2 Å². The first-order valence-electron chi connectivity index (χ1n) is 4.71. The van der Waals surface area contributed by atoms with Crippen molar-refractivity contribution in [3.8, 4) is 0 Å². The highest BCUT2D eigenvalue weighted by Gasteiger charge is 2.03. The molecule has 1 aromatic rings. The van der Waals surface area contributed by atoms with Crippen molar-refractivity contribution in [2.45, 2.75) is 13.3 Å². The zero-order valence-corrected chi connectivity index (χ0v) is 8.75. The Bertz CT molecular complexity index is 320. The van der Waals surface area contributed by atoms with Crippen LogP contribution in [-0.2, 0) is 0 Å². The van der Waals surface area contributed by atoms with Crippen molar-refractivity contribution in [2.75, 3.05) is 18.5 Å². The van der Waals surface area contributed by atoms with Gasteiger partial charge in [-0.3, -0.25) is 5.41 Å². The van der Waals surface area contributed by atoms with E-state index in [1.54, 1.807) is 0 Å². The summed E-state index contributed by atoms with van der Waals surface area (Å²) in [5, 5.41) is 7.15. The molecule has 0 radical (unpaired) electrons. The molecule has 0 unspecified atom stereocenters. The molecule has 76 valence electrons. The lowest BCUT2D eigenvalue weighted by atomic mass is 10.2. The van der Waals surface area contributed by atoms with Crippen molar-refractivity contribution < 1.29 is 0 Å². The zero-order chi connectivity index (χ0) is 10.6. The van der Waals surface area contributed by atoms with E-state index in [0.29, 0.717) is 6.42 Å². The van der Waals surface area contributed by atoms with Crippen LogP contribution in [0, 0.1) is 12.3 Å². The highest BCUT2D eigenvalue weighted by molar-refractivity contribution is 5.77. The third-order valence-corrected chi connectivity index (χ3v) is 2.24. The van der Waals surface area contributed by atoms with E-state index in [4.69, 9.17) is 11.1 Å². The first-order valence-corrected chi connectivity index (χ1v) is 4.71. The van der Waals surface area contributed by atoms with Gasteiger partial charge in [0.15, 0.2) is 0 Å². The van der Waals surface area contributed by atoms with Crippen LogP contribution in [0.5, 0.6) is 0 Å². The van der Waals surface area contributed by atoms with Crippen molar-refractivity contribution in [3.05, 3.63) is 29.8 Å². The zero-order valence-electron chi connectivity index (χ0n) is 8.75. The molecular weight excluding hydrogens is 174 g/mol. The number of anilines is 1. The number of nitrogens with two attached hydrogens (primary N) is 1. The maximum atomic E-state index is 7.15. The fraction of sp³-hybridized carbons (Fsp3) is 0.364. The number of para-hydroxylation sites is 1. The molecule has 3 nitrogen and oxygen atoms in total. The molecular formula is C11H17N3. The predicted molar refractivity (Wildman–Crippen MR) is 61.0 cm³/mol. The number of aryl methyl sites for hydroxylation is 1. The van der Waals surface area contributed by atoms with Gasteiger partial charge < -0.3 is 10.6 Å². The number of amidine groups is 1. The Morgan fingerprint density at radius 2 is 2.07 bits per heavy atom. The van der Waals surface area contributed by atoms with Gasteiger partial charge in [-0.2, -0.15) is 0 Å². The summed E-state index contributed by atoms with van der Waals surface area (Å²) < 4.78 is 0. The molecule has 0 aliphatic carbocycles. The molecule has 3 N–H and O–H groups in total. The molecule has 0 bridgehead atoms. The Morgan fingerprint density at radius 1 is 1.43 bits per heavy atom. The molecule has 1 rings (SSSR count). The lowest BCUT2D eigenvalue weighted by Crippen LogP contribution is -2.24. The second kappa shape index (κ2) is 4.65. The van der Waals surface area contributed by atoms with Gasteiger partial charge in [-0.15, -0.1) is 0 Å². The third-order valence-electron chi connectivity index (χ3n) is 2.24. The predicted octanol–water partition coefficient (Wildman–Crippen LogP) is 1.76. The van der Waals surface area contributed by atoms with Crippen LogP contribution in [0.15, 0.2) is 24.3 Å². The minimum absolute atomic E-state index is 0.241. The quantitative estimate of drug-likeness (QED) is 0.563. The van der Waals surface area contributed by atoms with E-state index in [-0.39, 0.29) is 5.84 Å². The van der Waals surface area contributed by atoms with Gasteiger partial charge in [0.25, 0.3) is 0 Å². The number of nitrogens with one attached hydrogen (secondary N) is 1. The molecule has 0 saturated heterocycles. The van der Waals surface area contributed by atoms with Crippen LogP contribution in [0.2, 0.25) is 0 Å². The summed E-state index contributed by atoms with van der Waals surface area (Å²) in [5.74, 6) is 0.241. The second-order valence-corrected chi connectivity index (χ2v) is 3.48. The van der Waals surface area contributed by atoms with Gasteiger partial charge in [-0.1, -0.05) is 18.2 Å². The monoisotopic (exact) mass is 191 g/mol. The van der Waals surface area contributed by atoms with Crippen molar-refractivity contribution in [3.63, 3.8) is 0 Å². The number of benzene rings is 1. The van der Waals surface area contributed by atoms with Crippen molar-refractivity contribution >= 4 is 11.5 Å². The Hall–Kier alpha value is -1.51. The lowest BCUT2D eigenvalue weighted by molar-refractivity contribution is 0.906.